The highest BCUT2D eigenvalue weighted by molar-refractivity contribution is 6.62. The monoisotopic (exact) mass is 366 g/mol. The van der Waals surface area contributed by atoms with Gasteiger partial charge in [0.1, 0.15) is 24.6 Å². The van der Waals surface area contributed by atoms with Gasteiger partial charge in [0, 0.05) is 21.3 Å². The summed E-state index contributed by atoms with van der Waals surface area (Å²) in [6.45, 7) is 13.4. The molecule has 0 aromatic rings. The van der Waals surface area contributed by atoms with E-state index in [4.69, 9.17) is 32.2 Å². The molecule has 7 nitrogen and oxygen atoms in total. The van der Waals surface area contributed by atoms with Crippen LogP contribution in [0.5, 0.6) is 0 Å². The van der Waals surface area contributed by atoms with Crippen molar-refractivity contribution in [2.24, 2.45) is 0 Å². The molecule has 0 saturated carbocycles. The third-order valence-corrected chi connectivity index (χ3v) is 6.63. The summed E-state index contributed by atoms with van der Waals surface area (Å²) in [5, 5.41) is 0. The summed E-state index contributed by atoms with van der Waals surface area (Å²) in [4.78, 5) is 0. The van der Waals surface area contributed by atoms with Gasteiger partial charge >= 0.3 is 8.80 Å². The first-order valence-electron chi connectivity index (χ1n) is 8.12. The second-order valence-corrected chi connectivity index (χ2v) is 8.09. The molecule has 0 N–H and O–H groups in total. The highest BCUT2D eigenvalue weighted by Gasteiger charge is 2.54. The predicted octanol–water partition coefficient (Wildman–Crippen LogP) is 2.86. The van der Waals surface area contributed by atoms with Crippen molar-refractivity contribution < 1.29 is 32.2 Å². The highest BCUT2D eigenvalue weighted by Crippen LogP contribution is 2.26. The van der Waals surface area contributed by atoms with Gasteiger partial charge in [-0.2, -0.15) is 0 Å². The lowest BCUT2D eigenvalue weighted by atomic mass is 10.4. The number of hydrogen-bond donors (Lipinski definition) is 0. The van der Waals surface area contributed by atoms with Gasteiger partial charge in [0.15, 0.2) is 0 Å². The molecular weight excluding hydrogens is 332 g/mol. The first-order chi connectivity index (χ1) is 11.2. The molecule has 0 aliphatic heterocycles. The molecule has 0 rings (SSSR count). The van der Waals surface area contributed by atoms with E-state index in [1.807, 2.05) is 13.8 Å². The van der Waals surface area contributed by atoms with E-state index in [-0.39, 0.29) is 0 Å². The zero-order valence-electron chi connectivity index (χ0n) is 16.3. The molecule has 0 aromatic carbocycles. The maximum absolute atomic E-state index is 6.08. The molecule has 0 amide bonds. The van der Waals surface area contributed by atoms with Crippen LogP contribution in [-0.4, -0.2) is 61.3 Å². The minimum absolute atomic E-state index is 0.382. The van der Waals surface area contributed by atoms with Gasteiger partial charge in [0.05, 0.1) is 6.61 Å². The summed E-state index contributed by atoms with van der Waals surface area (Å²) >= 11 is 0. The van der Waals surface area contributed by atoms with Crippen molar-refractivity contribution in [1.29, 1.82) is 0 Å². The summed E-state index contributed by atoms with van der Waals surface area (Å²) in [7, 11) is 1.28. The molecular formula is C16H34O7Si. The van der Waals surface area contributed by atoms with Crippen LogP contribution in [0.1, 0.15) is 41.0 Å². The highest BCUT2D eigenvalue weighted by atomic mass is 28.4. The Balaban J connectivity index is 5.65. The number of rotatable bonds is 14. The Morgan fingerprint density at radius 1 is 0.875 bits per heavy atom. The van der Waals surface area contributed by atoms with E-state index in [0.717, 1.165) is 5.57 Å². The molecule has 144 valence electrons. The molecule has 0 saturated heterocycles. The molecule has 4 unspecified atom stereocenters. The van der Waals surface area contributed by atoms with Crippen LogP contribution in [0.3, 0.4) is 0 Å². The quantitative estimate of drug-likeness (QED) is 0.266. The fourth-order valence-electron chi connectivity index (χ4n) is 1.86. The topological polar surface area (TPSA) is 64.6 Å². The van der Waals surface area contributed by atoms with Gasteiger partial charge in [-0.05, 0) is 34.1 Å². The van der Waals surface area contributed by atoms with E-state index < -0.39 is 33.4 Å². The molecule has 0 radical (unpaired) electrons. The van der Waals surface area contributed by atoms with E-state index in [1.165, 1.54) is 0 Å². The van der Waals surface area contributed by atoms with Crippen LogP contribution >= 0.6 is 0 Å². The first kappa shape index (κ1) is 23.7. The van der Waals surface area contributed by atoms with Gasteiger partial charge in [-0.25, -0.2) is 0 Å². The van der Waals surface area contributed by atoms with Gasteiger partial charge in [-0.1, -0.05) is 19.1 Å². The maximum Gasteiger partial charge on any atom is 0.537 e. The van der Waals surface area contributed by atoms with Gasteiger partial charge < -0.3 is 32.2 Å². The molecule has 24 heavy (non-hydrogen) atoms. The molecule has 0 aliphatic rings. The summed E-state index contributed by atoms with van der Waals surface area (Å²) < 4.78 is 40.0. The standard InChI is InChI=1S/C16H34O7Si/c1-10-16(20-11-12(2)3)24(21-13(4)17-7,22-14(5)18-8)23-15(6)19-9/h13-16H,2,10-11H2,1,3-9H3. The van der Waals surface area contributed by atoms with E-state index in [9.17, 15) is 0 Å². The van der Waals surface area contributed by atoms with Gasteiger partial charge in [0.25, 0.3) is 0 Å². The first-order valence-corrected chi connectivity index (χ1v) is 9.92. The van der Waals surface area contributed by atoms with Crippen molar-refractivity contribution >= 4 is 8.80 Å². The number of ether oxygens (including phenoxy) is 4. The zero-order valence-corrected chi connectivity index (χ0v) is 17.3. The van der Waals surface area contributed by atoms with Gasteiger partial charge in [-0.15, -0.1) is 0 Å². The Labute approximate surface area is 147 Å². The van der Waals surface area contributed by atoms with Crippen molar-refractivity contribution in [2.75, 3.05) is 27.9 Å². The third kappa shape index (κ3) is 8.17. The normalized spacial score (nSPS) is 19.3. The molecule has 0 bridgehead atoms. The minimum Gasteiger partial charge on any atom is -0.369 e. The van der Waals surface area contributed by atoms with Gasteiger partial charge in [0.2, 0.25) is 0 Å². The minimum atomic E-state index is -3.38. The lowest BCUT2D eigenvalue weighted by Crippen LogP contribution is -2.61. The molecule has 0 aromatic heterocycles. The van der Waals surface area contributed by atoms with Crippen molar-refractivity contribution in [3.8, 4) is 0 Å². The van der Waals surface area contributed by atoms with Crippen LogP contribution in [0.4, 0.5) is 0 Å². The summed E-state index contributed by atoms with van der Waals surface area (Å²) in [6.07, 6.45) is -0.977. The fraction of sp³-hybridized carbons (Fsp3) is 0.875. The second kappa shape index (κ2) is 12.1. The average molecular weight is 367 g/mol. The summed E-state index contributed by atoms with van der Waals surface area (Å²) in [5.41, 5.74) is 0.484. The molecule has 0 fully saturated rings. The Morgan fingerprint density at radius 2 is 1.25 bits per heavy atom. The van der Waals surface area contributed by atoms with Crippen LogP contribution in [0, 0.1) is 0 Å². The van der Waals surface area contributed by atoms with Crippen LogP contribution < -0.4 is 0 Å². The van der Waals surface area contributed by atoms with E-state index in [0.29, 0.717) is 13.0 Å². The SMILES string of the molecule is C=C(C)COC(CC)[Si](OC(C)OC)(OC(C)OC)OC(C)OC. The largest absolute Gasteiger partial charge is 0.537 e. The van der Waals surface area contributed by atoms with Crippen molar-refractivity contribution in [2.45, 2.75) is 65.6 Å². The van der Waals surface area contributed by atoms with Crippen molar-refractivity contribution in [3.63, 3.8) is 0 Å². The molecule has 4 atom stereocenters. The third-order valence-electron chi connectivity index (χ3n) is 3.28. The van der Waals surface area contributed by atoms with Crippen LogP contribution in [0.2, 0.25) is 0 Å². The maximum atomic E-state index is 6.08. The van der Waals surface area contributed by atoms with E-state index >= 15 is 0 Å². The Morgan fingerprint density at radius 3 is 1.50 bits per heavy atom. The lowest BCUT2D eigenvalue weighted by molar-refractivity contribution is -0.178. The number of hydrogen-bond acceptors (Lipinski definition) is 7. The van der Waals surface area contributed by atoms with Crippen molar-refractivity contribution in [3.05, 3.63) is 12.2 Å². The second-order valence-electron chi connectivity index (χ2n) is 5.53. The molecule has 8 heteroatoms. The van der Waals surface area contributed by atoms with Gasteiger partial charge in [-0.3, -0.25) is 0 Å². The molecule has 0 aliphatic carbocycles. The van der Waals surface area contributed by atoms with E-state index in [1.54, 1.807) is 42.1 Å². The summed E-state index contributed by atoms with van der Waals surface area (Å²) in [6, 6.07) is 0. The molecule has 0 spiro atoms. The Hall–Kier alpha value is -0.323. The number of methoxy groups -OCH3 is 3. The van der Waals surface area contributed by atoms with Crippen LogP contribution in [-0.2, 0) is 32.2 Å². The Kier molecular flexibility index (Phi) is 11.9. The van der Waals surface area contributed by atoms with E-state index in [2.05, 4.69) is 6.58 Å². The van der Waals surface area contributed by atoms with Crippen molar-refractivity contribution in [1.82, 2.24) is 0 Å². The summed E-state index contributed by atoms with van der Waals surface area (Å²) in [5.74, 6) is 0. The Bertz CT molecular complexity index is 322. The average Bonchev–Trinajstić information content (AvgIpc) is 2.54. The molecule has 0 heterocycles. The lowest BCUT2D eigenvalue weighted by Gasteiger charge is -2.39. The fourth-order valence-corrected chi connectivity index (χ4v) is 4.95. The van der Waals surface area contributed by atoms with Crippen LogP contribution in [0.25, 0.3) is 0 Å². The predicted molar refractivity (Wildman–Crippen MR) is 93.3 cm³/mol. The van der Waals surface area contributed by atoms with Crippen LogP contribution in [0.15, 0.2) is 12.2 Å². The zero-order chi connectivity index (χ0) is 18.8. The smallest absolute Gasteiger partial charge is 0.369 e.